The second kappa shape index (κ2) is 6.99. The van der Waals surface area contributed by atoms with Crippen LogP contribution in [-0.2, 0) is 23.7 Å². The average molecular weight is 466 g/mol. The largest absolute Gasteiger partial charge is 0.386 e. The van der Waals surface area contributed by atoms with Crippen molar-refractivity contribution in [2.24, 2.45) is 34.5 Å². The van der Waals surface area contributed by atoms with Crippen molar-refractivity contribution in [3.63, 3.8) is 0 Å². The summed E-state index contributed by atoms with van der Waals surface area (Å²) < 4.78 is 24.1. The minimum atomic E-state index is -1.61. The molecule has 186 valence electrons. The van der Waals surface area contributed by atoms with E-state index in [1.54, 1.807) is 28.4 Å². The fourth-order valence-corrected chi connectivity index (χ4v) is 10.7. The molecule has 6 fully saturated rings. The molecule has 0 aromatic carbocycles. The molecular formula is C25H39NO7. The number of hydrogen-bond donors (Lipinski definition) is 2. The number of likely N-dealkylation sites (tertiary alicyclic amines) is 1. The second-order valence-electron chi connectivity index (χ2n) is 11.7. The number of hydrogen-bond acceptors (Lipinski definition) is 8. The van der Waals surface area contributed by atoms with Crippen LogP contribution in [0.3, 0.4) is 0 Å². The molecule has 33 heavy (non-hydrogen) atoms. The van der Waals surface area contributed by atoms with Crippen LogP contribution in [0.25, 0.3) is 0 Å². The van der Waals surface area contributed by atoms with Crippen LogP contribution >= 0.6 is 0 Å². The third-order valence-corrected chi connectivity index (χ3v) is 11.2. The number of nitrogens with zero attached hydrogens (tertiary/aromatic N) is 1. The number of aliphatic hydroxyl groups is 2. The van der Waals surface area contributed by atoms with Crippen LogP contribution in [0, 0.1) is 34.5 Å². The highest BCUT2D eigenvalue weighted by Crippen LogP contribution is 2.79. The molecule has 6 aliphatic rings. The molecule has 1 saturated heterocycles. The molecule has 2 N–H and O–H groups in total. The quantitative estimate of drug-likeness (QED) is 0.585. The van der Waals surface area contributed by atoms with Crippen LogP contribution in [-0.4, -0.2) is 105 Å². The number of carbonyl (C=O) groups excluding carboxylic acids is 1. The lowest BCUT2D eigenvalue weighted by molar-refractivity contribution is -0.301. The van der Waals surface area contributed by atoms with E-state index in [0.29, 0.717) is 13.0 Å². The summed E-state index contributed by atoms with van der Waals surface area (Å²) in [6, 6.07) is -0.353. The van der Waals surface area contributed by atoms with Crippen LogP contribution in [0.15, 0.2) is 0 Å². The Kier molecular flexibility index (Phi) is 4.84. The van der Waals surface area contributed by atoms with Crippen LogP contribution in [0.1, 0.15) is 32.6 Å². The summed E-state index contributed by atoms with van der Waals surface area (Å²) in [7, 11) is 6.75. The highest BCUT2D eigenvalue weighted by molar-refractivity contribution is 5.90. The van der Waals surface area contributed by atoms with Crippen molar-refractivity contribution in [2.45, 2.75) is 68.2 Å². The van der Waals surface area contributed by atoms with Gasteiger partial charge in [-0.15, -0.1) is 0 Å². The van der Waals surface area contributed by atoms with Gasteiger partial charge >= 0.3 is 0 Å². The Morgan fingerprint density at radius 2 is 1.88 bits per heavy atom. The van der Waals surface area contributed by atoms with Gasteiger partial charge in [-0.1, -0.05) is 6.92 Å². The molecule has 1 aliphatic heterocycles. The zero-order valence-electron chi connectivity index (χ0n) is 20.5. The maximum atomic E-state index is 13.8. The van der Waals surface area contributed by atoms with Crippen molar-refractivity contribution >= 4 is 5.78 Å². The van der Waals surface area contributed by atoms with Gasteiger partial charge in [0.05, 0.1) is 36.9 Å². The minimum Gasteiger partial charge on any atom is -0.386 e. The Morgan fingerprint density at radius 3 is 2.48 bits per heavy atom. The summed E-state index contributed by atoms with van der Waals surface area (Å²) in [5, 5.41) is 25.4. The number of ketones is 1. The Hall–Kier alpha value is -0.610. The van der Waals surface area contributed by atoms with E-state index in [1.165, 1.54) is 0 Å². The van der Waals surface area contributed by atoms with Gasteiger partial charge < -0.3 is 29.2 Å². The summed E-state index contributed by atoms with van der Waals surface area (Å²) in [4.78, 5) is 16.1. The lowest BCUT2D eigenvalue weighted by Crippen LogP contribution is -2.81. The van der Waals surface area contributed by atoms with Crippen molar-refractivity contribution in [3.05, 3.63) is 0 Å². The van der Waals surface area contributed by atoms with Gasteiger partial charge in [-0.2, -0.15) is 0 Å². The average Bonchev–Trinajstić information content (AvgIpc) is 3.16. The Bertz CT molecular complexity index is 855. The highest BCUT2D eigenvalue weighted by atomic mass is 16.5. The van der Waals surface area contributed by atoms with Gasteiger partial charge in [0.15, 0.2) is 0 Å². The van der Waals surface area contributed by atoms with Crippen LogP contribution in [0.4, 0.5) is 0 Å². The Balaban J connectivity index is 1.68. The predicted molar refractivity (Wildman–Crippen MR) is 118 cm³/mol. The highest BCUT2D eigenvalue weighted by Gasteiger charge is 2.91. The fraction of sp³-hybridized carbons (Fsp3) is 0.960. The first-order chi connectivity index (χ1) is 15.8. The zero-order valence-corrected chi connectivity index (χ0v) is 20.5. The molecule has 8 nitrogen and oxygen atoms in total. The summed E-state index contributed by atoms with van der Waals surface area (Å²) >= 11 is 0. The predicted octanol–water partition coefficient (Wildman–Crippen LogP) is 0.479. The number of carbonyl (C=O) groups is 1. The monoisotopic (exact) mass is 465 g/mol. The molecule has 0 radical (unpaired) electrons. The normalized spacial score (nSPS) is 58.7. The number of piperidine rings is 1. The maximum Gasteiger partial charge on any atom is 0.144 e. The lowest BCUT2D eigenvalue weighted by atomic mass is 9.42. The van der Waals surface area contributed by atoms with Gasteiger partial charge in [-0.3, -0.25) is 9.69 Å². The van der Waals surface area contributed by atoms with E-state index in [4.69, 9.17) is 18.9 Å². The van der Waals surface area contributed by atoms with Crippen molar-refractivity contribution in [3.8, 4) is 0 Å². The number of fused-ring (bicyclic) bond motifs is 2. The van der Waals surface area contributed by atoms with Crippen molar-refractivity contribution < 1.29 is 34.0 Å². The zero-order chi connectivity index (χ0) is 23.6. The van der Waals surface area contributed by atoms with Gasteiger partial charge in [-0.25, -0.2) is 0 Å². The maximum absolute atomic E-state index is 13.8. The van der Waals surface area contributed by atoms with Crippen LogP contribution < -0.4 is 0 Å². The Labute approximate surface area is 195 Å². The third kappa shape index (κ3) is 2.15. The van der Waals surface area contributed by atoms with Crippen molar-refractivity contribution in [2.75, 3.05) is 48.1 Å². The summed E-state index contributed by atoms with van der Waals surface area (Å²) in [6.45, 7) is 4.19. The fourth-order valence-electron chi connectivity index (χ4n) is 10.7. The van der Waals surface area contributed by atoms with Crippen molar-refractivity contribution in [1.29, 1.82) is 0 Å². The van der Waals surface area contributed by atoms with E-state index in [9.17, 15) is 15.0 Å². The molecule has 12 atom stereocenters. The molecule has 5 saturated carbocycles. The molecule has 0 aromatic heterocycles. The number of likely N-dealkylation sites (N-methyl/N-ethyl adjacent to an activating group) is 1. The number of methoxy groups -OCH3 is 4. The summed E-state index contributed by atoms with van der Waals surface area (Å²) in [6.07, 6.45) is 1.53. The topological polar surface area (TPSA) is 97.7 Å². The molecule has 1 unspecified atom stereocenters. The molecule has 1 spiro atoms. The number of ether oxygens (including phenoxy) is 4. The smallest absolute Gasteiger partial charge is 0.144 e. The van der Waals surface area contributed by atoms with Gasteiger partial charge in [-0.05, 0) is 31.7 Å². The van der Waals surface area contributed by atoms with Gasteiger partial charge in [0.1, 0.15) is 17.0 Å². The van der Waals surface area contributed by atoms with Gasteiger partial charge in [0, 0.05) is 64.1 Å². The molecule has 0 amide bonds. The van der Waals surface area contributed by atoms with E-state index >= 15 is 0 Å². The minimum absolute atomic E-state index is 0.0498. The van der Waals surface area contributed by atoms with E-state index in [0.717, 1.165) is 25.9 Å². The molecule has 6 rings (SSSR count). The van der Waals surface area contributed by atoms with E-state index in [-0.39, 0.29) is 47.5 Å². The molecule has 7 bridgehead atoms. The first-order valence-electron chi connectivity index (χ1n) is 12.6. The first-order valence-corrected chi connectivity index (χ1v) is 12.6. The molecular weight excluding hydrogens is 426 g/mol. The standard InChI is InChI=1S/C25H39NO7/c1-6-26-11-22(12-30-2)8-7-16(32-4)24-14-9-13-15(31-3)10-23(28,17(14)18(13)27)25(29,21(24)26)20(33-5)19(22)24/h13-17,19-21,28-29H,6-12H2,1-5H3/t13-,14-,15+,16+,17-,19-,20+,21?,22+,23-,24+,25-/m1/s1. The lowest BCUT2D eigenvalue weighted by Gasteiger charge is -2.69. The third-order valence-electron chi connectivity index (χ3n) is 11.2. The summed E-state index contributed by atoms with van der Waals surface area (Å²) in [5.74, 6) is -0.972. The van der Waals surface area contributed by atoms with Crippen LogP contribution in [0.5, 0.6) is 0 Å². The SMILES string of the molecule is CCN1C[C@]2(COC)CC[C@H](OC)[C@]34C1[C@](O)([C@@H](OC)[C@H]23)[C@@]1(O)C[C@H](OC)[C@H]2C[C@@H]4[C@@H]1C2=O. The molecule has 1 heterocycles. The molecule has 8 heteroatoms. The first kappa shape index (κ1) is 22.8. The Morgan fingerprint density at radius 1 is 1.12 bits per heavy atom. The molecule has 5 aliphatic carbocycles. The second-order valence-corrected chi connectivity index (χ2v) is 11.7. The van der Waals surface area contributed by atoms with E-state index < -0.39 is 34.7 Å². The molecule has 0 aromatic rings. The number of Topliss-reactive ketones (excluding diaryl/α,β-unsaturated/α-hetero) is 1. The van der Waals surface area contributed by atoms with Gasteiger partial charge in [0.2, 0.25) is 0 Å². The van der Waals surface area contributed by atoms with Crippen molar-refractivity contribution in [1.82, 2.24) is 4.90 Å². The van der Waals surface area contributed by atoms with Crippen LogP contribution in [0.2, 0.25) is 0 Å². The summed E-state index contributed by atoms with van der Waals surface area (Å²) in [5.41, 5.74) is -3.95. The number of rotatable bonds is 6. The van der Waals surface area contributed by atoms with E-state index in [2.05, 4.69) is 11.8 Å². The van der Waals surface area contributed by atoms with Gasteiger partial charge in [0.25, 0.3) is 0 Å². The van der Waals surface area contributed by atoms with E-state index in [1.807, 2.05) is 0 Å².